The molecule has 2 N–H and O–H groups in total. The maximum Gasteiger partial charge on any atom is 0.0488 e. The number of rotatable bonds is 6. The van der Waals surface area contributed by atoms with E-state index in [2.05, 4.69) is 20.8 Å². The van der Waals surface area contributed by atoms with Crippen LogP contribution in [0.25, 0.3) is 0 Å². The monoisotopic (exact) mass is 227 g/mol. The van der Waals surface area contributed by atoms with Gasteiger partial charge in [-0.3, -0.25) is 0 Å². The van der Waals surface area contributed by atoms with Crippen LogP contribution in [0.5, 0.6) is 0 Å². The molecule has 0 bridgehead atoms. The average Bonchev–Trinajstić information content (AvgIpc) is 2.27. The van der Waals surface area contributed by atoms with Gasteiger partial charge < -0.3 is 10.5 Å². The summed E-state index contributed by atoms with van der Waals surface area (Å²) in [6.07, 6.45) is 6.46. The Morgan fingerprint density at radius 1 is 1.31 bits per heavy atom. The molecule has 2 nitrogen and oxygen atoms in total. The summed E-state index contributed by atoms with van der Waals surface area (Å²) in [7, 11) is 0. The first-order chi connectivity index (χ1) is 7.58. The minimum absolute atomic E-state index is 0.392. The summed E-state index contributed by atoms with van der Waals surface area (Å²) in [5.41, 5.74) is 6.36. The molecule has 1 fully saturated rings. The third-order valence-electron chi connectivity index (χ3n) is 4.00. The van der Waals surface area contributed by atoms with Crippen molar-refractivity contribution in [3.05, 3.63) is 0 Å². The van der Waals surface area contributed by atoms with Crippen molar-refractivity contribution in [3.63, 3.8) is 0 Å². The molecule has 16 heavy (non-hydrogen) atoms. The van der Waals surface area contributed by atoms with Crippen molar-refractivity contribution in [3.8, 4) is 0 Å². The molecule has 1 aliphatic carbocycles. The van der Waals surface area contributed by atoms with Crippen molar-refractivity contribution in [2.24, 2.45) is 23.0 Å². The van der Waals surface area contributed by atoms with E-state index in [0.29, 0.717) is 11.3 Å². The van der Waals surface area contributed by atoms with Gasteiger partial charge in [0.25, 0.3) is 0 Å². The van der Waals surface area contributed by atoms with Crippen molar-refractivity contribution >= 4 is 0 Å². The van der Waals surface area contributed by atoms with Gasteiger partial charge in [0, 0.05) is 13.2 Å². The van der Waals surface area contributed by atoms with Gasteiger partial charge in [-0.25, -0.2) is 0 Å². The Kier molecular flexibility index (Phi) is 5.77. The fourth-order valence-corrected chi connectivity index (χ4v) is 2.54. The highest BCUT2D eigenvalue weighted by Crippen LogP contribution is 2.40. The quantitative estimate of drug-likeness (QED) is 0.707. The van der Waals surface area contributed by atoms with E-state index in [0.717, 1.165) is 32.1 Å². The van der Waals surface area contributed by atoms with Gasteiger partial charge in [0.2, 0.25) is 0 Å². The van der Waals surface area contributed by atoms with E-state index >= 15 is 0 Å². The highest BCUT2D eigenvalue weighted by molar-refractivity contribution is 4.85. The molecule has 0 saturated heterocycles. The molecule has 1 aliphatic rings. The van der Waals surface area contributed by atoms with Crippen LogP contribution < -0.4 is 5.73 Å². The van der Waals surface area contributed by atoms with Crippen molar-refractivity contribution in [2.75, 3.05) is 19.8 Å². The fourth-order valence-electron chi connectivity index (χ4n) is 2.54. The summed E-state index contributed by atoms with van der Waals surface area (Å²) in [6, 6.07) is 0. The van der Waals surface area contributed by atoms with Gasteiger partial charge in [0.05, 0.1) is 0 Å². The molecule has 0 aromatic carbocycles. The Balaban J connectivity index is 2.25. The van der Waals surface area contributed by atoms with Gasteiger partial charge in [-0.05, 0) is 43.1 Å². The summed E-state index contributed by atoms with van der Waals surface area (Å²) in [5.74, 6) is 1.54. The van der Waals surface area contributed by atoms with Gasteiger partial charge >= 0.3 is 0 Å². The van der Waals surface area contributed by atoms with E-state index in [1.54, 1.807) is 0 Å². The van der Waals surface area contributed by atoms with Gasteiger partial charge in [0.1, 0.15) is 0 Å². The molecule has 0 atom stereocenters. The number of ether oxygens (including phenoxy) is 1. The smallest absolute Gasteiger partial charge is 0.0488 e. The second-order valence-corrected chi connectivity index (χ2v) is 6.11. The summed E-state index contributed by atoms with van der Waals surface area (Å²) in [4.78, 5) is 0. The van der Waals surface area contributed by atoms with E-state index in [4.69, 9.17) is 10.5 Å². The summed E-state index contributed by atoms with van der Waals surface area (Å²) in [5, 5.41) is 0. The molecule has 0 radical (unpaired) electrons. The van der Waals surface area contributed by atoms with E-state index in [-0.39, 0.29) is 0 Å². The van der Waals surface area contributed by atoms with Crippen LogP contribution in [0.2, 0.25) is 0 Å². The van der Waals surface area contributed by atoms with Crippen molar-refractivity contribution in [1.82, 2.24) is 0 Å². The lowest BCUT2D eigenvalue weighted by molar-refractivity contribution is 0.0575. The zero-order chi connectivity index (χ0) is 12.0. The molecule has 0 aromatic rings. The molecular weight excluding hydrogens is 198 g/mol. The lowest BCUT2D eigenvalue weighted by Crippen LogP contribution is -2.35. The van der Waals surface area contributed by atoms with Crippen LogP contribution in [0.3, 0.4) is 0 Å². The first-order valence-electron chi connectivity index (χ1n) is 6.86. The largest absolute Gasteiger partial charge is 0.381 e. The van der Waals surface area contributed by atoms with Crippen LogP contribution in [0.4, 0.5) is 0 Å². The van der Waals surface area contributed by atoms with Crippen molar-refractivity contribution in [1.29, 1.82) is 0 Å². The highest BCUT2D eigenvalue weighted by atomic mass is 16.5. The van der Waals surface area contributed by atoms with Crippen LogP contribution in [0.1, 0.15) is 52.9 Å². The van der Waals surface area contributed by atoms with Crippen LogP contribution >= 0.6 is 0 Å². The molecule has 0 aromatic heterocycles. The maximum absolute atomic E-state index is 5.97. The normalized spacial score (nSPS) is 30.9. The van der Waals surface area contributed by atoms with E-state index in [1.165, 1.54) is 25.7 Å². The molecule has 0 amide bonds. The zero-order valence-electron chi connectivity index (χ0n) is 11.3. The Morgan fingerprint density at radius 3 is 2.44 bits per heavy atom. The second-order valence-electron chi connectivity index (χ2n) is 6.11. The van der Waals surface area contributed by atoms with Gasteiger partial charge in [-0.15, -0.1) is 0 Å². The Hall–Kier alpha value is -0.0800. The molecule has 0 heterocycles. The SMILES string of the molecule is CC(C)COCCC1(CN)CCC(C)CC1. The molecule has 2 heteroatoms. The predicted molar refractivity (Wildman–Crippen MR) is 69.4 cm³/mol. The van der Waals surface area contributed by atoms with Gasteiger partial charge in [-0.2, -0.15) is 0 Å². The van der Waals surface area contributed by atoms with Crippen molar-refractivity contribution < 1.29 is 4.74 Å². The number of nitrogens with two attached hydrogens (primary N) is 1. The molecule has 0 unspecified atom stereocenters. The third-order valence-corrected chi connectivity index (χ3v) is 4.00. The molecule has 0 aliphatic heterocycles. The third kappa shape index (κ3) is 4.42. The van der Waals surface area contributed by atoms with Crippen LogP contribution in [0.15, 0.2) is 0 Å². The molecule has 1 rings (SSSR count). The molecule has 96 valence electrons. The summed E-state index contributed by atoms with van der Waals surface area (Å²) in [6.45, 7) is 9.36. The Bertz CT molecular complexity index is 183. The summed E-state index contributed by atoms with van der Waals surface area (Å²) >= 11 is 0. The van der Waals surface area contributed by atoms with E-state index in [9.17, 15) is 0 Å². The standard InChI is InChI=1S/C14H29NO/c1-12(2)10-16-9-8-14(11-15)6-4-13(3)5-7-14/h12-13H,4-11,15H2,1-3H3. The Morgan fingerprint density at radius 2 is 1.94 bits per heavy atom. The lowest BCUT2D eigenvalue weighted by Gasteiger charge is -2.38. The second kappa shape index (κ2) is 6.61. The van der Waals surface area contributed by atoms with Crippen molar-refractivity contribution in [2.45, 2.75) is 52.9 Å². The van der Waals surface area contributed by atoms with Crippen LogP contribution in [-0.2, 0) is 4.74 Å². The van der Waals surface area contributed by atoms with Gasteiger partial charge in [-0.1, -0.05) is 33.6 Å². The lowest BCUT2D eigenvalue weighted by atomic mass is 9.69. The highest BCUT2D eigenvalue weighted by Gasteiger charge is 2.32. The Labute approximate surface area is 101 Å². The number of hydrogen-bond donors (Lipinski definition) is 1. The molecule has 1 saturated carbocycles. The average molecular weight is 227 g/mol. The minimum atomic E-state index is 0.392. The van der Waals surface area contributed by atoms with Gasteiger partial charge in [0.15, 0.2) is 0 Å². The topological polar surface area (TPSA) is 35.2 Å². The molecular formula is C14H29NO. The minimum Gasteiger partial charge on any atom is -0.381 e. The van der Waals surface area contributed by atoms with Crippen LogP contribution in [-0.4, -0.2) is 19.8 Å². The van der Waals surface area contributed by atoms with E-state index in [1.807, 2.05) is 0 Å². The van der Waals surface area contributed by atoms with E-state index < -0.39 is 0 Å². The maximum atomic E-state index is 5.97. The fraction of sp³-hybridized carbons (Fsp3) is 1.00. The molecule has 0 spiro atoms. The zero-order valence-corrected chi connectivity index (χ0v) is 11.3. The number of hydrogen-bond acceptors (Lipinski definition) is 2. The summed E-state index contributed by atoms with van der Waals surface area (Å²) < 4.78 is 5.70. The first kappa shape index (κ1) is 14.0. The first-order valence-corrected chi connectivity index (χ1v) is 6.86. The van der Waals surface area contributed by atoms with Crippen LogP contribution in [0, 0.1) is 17.3 Å². The predicted octanol–water partition coefficient (Wildman–Crippen LogP) is 3.20.